The Balaban J connectivity index is 1.37. The first-order valence-corrected chi connectivity index (χ1v) is 19.7. The first-order valence-electron chi connectivity index (χ1n) is 19.7. The van der Waals surface area contributed by atoms with E-state index in [0.29, 0.717) is 25.7 Å². The Morgan fingerprint density at radius 1 is 0.586 bits per heavy atom. The number of fused-ring (bicyclic) bond motifs is 3. The van der Waals surface area contributed by atoms with Crippen LogP contribution in [-0.4, -0.2) is 79.1 Å². The zero-order valence-corrected chi connectivity index (χ0v) is 34.2. The number of alkyl carbamates (subject to hydrolysis) is 3. The van der Waals surface area contributed by atoms with E-state index in [9.17, 15) is 28.8 Å². The number of esters is 2. The lowest BCUT2D eigenvalue weighted by molar-refractivity contribution is -0.159. The molecule has 1 aliphatic carbocycles. The first kappa shape index (κ1) is 44.8. The Hall–Kier alpha value is -5.92. The van der Waals surface area contributed by atoms with Gasteiger partial charge >= 0.3 is 30.2 Å². The van der Waals surface area contributed by atoms with Gasteiger partial charge in [-0.05, 0) is 114 Å². The minimum Gasteiger partial charge on any atom is -0.458 e. The third-order valence-corrected chi connectivity index (χ3v) is 8.93. The molecule has 14 nitrogen and oxygen atoms in total. The van der Waals surface area contributed by atoms with Crippen LogP contribution in [0.5, 0.6) is 0 Å². The lowest BCUT2D eigenvalue weighted by Crippen LogP contribution is -2.52. The molecule has 4 rings (SSSR count). The third-order valence-electron chi connectivity index (χ3n) is 8.93. The van der Waals surface area contributed by atoms with Gasteiger partial charge in [-0.1, -0.05) is 66.7 Å². The second-order valence-electron chi connectivity index (χ2n) is 16.0. The van der Waals surface area contributed by atoms with Gasteiger partial charge in [-0.25, -0.2) is 24.0 Å². The molecule has 58 heavy (non-hydrogen) atoms. The van der Waals surface area contributed by atoms with Gasteiger partial charge in [0.25, 0.3) is 0 Å². The highest BCUT2D eigenvalue weighted by Crippen LogP contribution is 2.44. The molecule has 14 heteroatoms. The molecule has 0 spiro atoms. The highest BCUT2D eigenvalue weighted by Gasteiger charge is 2.32. The summed E-state index contributed by atoms with van der Waals surface area (Å²) in [6, 6.07) is 21.8. The number of nitrogens with one attached hydrogen (secondary N) is 4. The Labute approximate surface area is 340 Å². The monoisotopic (exact) mass is 800 g/mol. The van der Waals surface area contributed by atoms with Crippen LogP contribution in [0.1, 0.15) is 107 Å². The second-order valence-corrected chi connectivity index (χ2v) is 16.0. The van der Waals surface area contributed by atoms with E-state index >= 15 is 0 Å². The number of amides is 4. The topological polar surface area (TPSA) is 187 Å². The summed E-state index contributed by atoms with van der Waals surface area (Å²) in [6.07, 6.45) is -0.306. The van der Waals surface area contributed by atoms with Crippen LogP contribution >= 0.6 is 0 Å². The van der Waals surface area contributed by atoms with Gasteiger partial charge in [-0.15, -0.1) is 0 Å². The lowest BCUT2D eigenvalue weighted by Gasteiger charge is -2.26. The summed E-state index contributed by atoms with van der Waals surface area (Å²) in [7, 11) is 0. The smallest absolute Gasteiger partial charge is 0.415 e. The van der Waals surface area contributed by atoms with Crippen molar-refractivity contribution in [2.75, 3.05) is 19.7 Å². The Bertz CT molecular complexity index is 1840. The van der Waals surface area contributed by atoms with E-state index in [1.165, 1.54) is 12.1 Å². The van der Waals surface area contributed by atoms with Crippen LogP contribution < -0.4 is 21.3 Å². The van der Waals surface area contributed by atoms with Crippen LogP contribution in [-0.2, 0) is 28.5 Å². The molecule has 0 saturated carbocycles. The van der Waals surface area contributed by atoms with Gasteiger partial charge in [0, 0.05) is 19.0 Å². The maximum absolute atomic E-state index is 13.9. The molecule has 1 aliphatic rings. The normalized spacial score (nSPS) is 13.1. The van der Waals surface area contributed by atoms with Gasteiger partial charge in [0.1, 0.15) is 29.9 Å². The standard InChI is InChI=1S/C44H56N4O10/c1-43(2,3)57-39(51)36(25-15-17-26-45-40(52)56-38(50)29-18-8-7-9-19-29)47-37(49)35(24-14-16-27-46-41(53)58-44(4,5)6)48-42(54)55-28-34-32-22-12-10-20-30(32)31-21-11-13-23-33(31)34/h7-13,18-23,34-36H,14-17,24-28H2,1-6H3,(H,45,52)(H,46,53)(H,47,49)(H,48,54)/t35-,36-/m0/s1. The summed E-state index contributed by atoms with van der Waals surface area (Å²) < 4.78 is 21.5. The van der Waals surface area contributed by atoms with E-state index in [2.05, 4.69) is 21.3 Å². The van der Waals surface area contributed by atoms with Crippen LogP contribution in [0.2, 0.25) is 0 Å². The first-order chi connectivity index (χ1) is 27.5. The van der Waals surface area contributed by atoms with Gasteiger partial charge in [-0.3, -0.25) is 4.79 Å². The molecule has 3 aromatic rings. The van der Waals surface area contributed by atoms with Crippen LogP contribution in [0.4, 0.5) is 14.4 Å². The molecule has 0 aliphatic heterocycles. The molecule has 0 aromatic heterocycles. The second kappa shape index (κ2) is 21.0. The van der Waals surface area contributed by atoms with E-state index in [1.807, 2.05) is 48.5 Å². The van der Waals surface area contributed by atoms with Crippen molar-refractivity contribution in [3.8, 4) is 11.1 Å². The molecule has 0 fully saturated rings. The summed E-state index contributed by atoms with van der Waals surface area (Å²) in [5.41, 5.74) is 2.95. The van der Waals surface area contributed by atoms with Crippen LogP contribution in [0.15, 0.2) is 78.9 Å². The van der Waals surface area contributed by atoms with E-state index in [1.54, 1.807) is 59.7 Å². The quantitative estimate of drug-likeness (QED) is 0.0473. The van der Waals surface area contributed by atoms with E-state index in [0.717, 1.165) is 22.3 Å². The van der Waals surface area contributed by atoms with Crippen molar-refractivity contribution < 1.29 is 47.7 Å². The fourth-order valence-corrected chi connectivity index (χ4v) is 6.34. The van der Waals surface area contributed by atoms with E-state index in [4.69, 9.17) is 18.9 Å². The number of hydrogen-bond acceptors (Lipinski definition) is 10. The Morgan fingerprint density at radius 2 is 1.10 bits per heavy atom. The van der Waals surface area contributed by atoms with Crippen molar-refractivity contribution in [1.29, 1.82) is 0 Å². The average molecular weight is 801 g/mol. The van der Waals surface area contributed by atoms with Crippen LogP contribution in [0, 0.1) is 0 Å². The minimum absolute atomic E-state index is 0.0382. The average Bonchev–Trinajstić information content (AvgIpc) is 3.48. The SMILES string of the molecule is CC(C)(C)OC(=O)NCCCC[C@H](NC(=O)OCC1c2ccccc2-c2ccccc21)C(=O)N[C@@H](CCCCNC(=O)OC(=O)c1ccccc1)C(=O)OC(C)(C)C. The largest absolute Gasteiger partial charge is 0.458 e. The van der Waals surface area contributed by atoms with Crippen LogP contribution in [0.25, 0.3) is 11.1 Å². The van der Waals surface area contributed by atoms with Crippen molar-refractivity contribution in [1.82, 2.24) is 21.3 Å². The molecule has 0 unspecified atom stereocenters. The molecular weight excluding hydrogens is 745 g/mol. The van der Waals surface area contributed by atoms with Crippen molar-refractivity contribution in [2.24, 2.45) is 0 Å². The predicted octanol–water partition coefficient (Wildman–Crippen LogP) is 7.15. The molecule has 312 valence electrons. The zero-order valence-electron chi connectivity index (χ0n) is 34.2. The molecule has 4 amide bonds. The third kappa shape index (κ3) is 14.5. The summed E-state index contributed by atoms with van der Waals surface area (Å²) >= 11 is 0. The summed E-state index contributed by atoms with van der Waals surface area (Å²) in [6.45, 7) is 10.9. The molecular formula is C44H56N4O10. The fraction of sp³-hybridized carbons (Fsp3) is 0.455. The number of unbranched alkanes of at least 4 members (excludes halogenated alkanes) is 2. The predicted molar refractivity (Wildman–Crippen MR) is 217 cm³/mol. The van der Waals surface area contributed by atoms with Gasteiger partial charge in [0.2, 0.25) is 5.91 Å². The van der Waals surface area contributed by atoms with Gasteiger partial charge in [0.05, 0.1) is 5.56 Å². The van der Waals surface area contributed by atoms with Crippen molar-refractivity contribution in [3.05, 3.63) is 95.6 Å². The molecule has 0 saturated heterocycles. The molecule has 0 radical (unpaired) electrons. The van der Waals surface area contributed by atoms with Crippen molar-refractivity contribution >= 4 is 36.1 Å². The van der Waals surface area contributed by atoms with Crippen molar-refractivity contribution in [2.45, 2.75) is 109 Å². The highest BCUT2D eigenvalue weighted by molar-refractivity contribution is 5.96. The number of benzene rings is 3. The molecule has 4 N–H and O–H groups in total. The number of hydrogen-bond donors (Lipinski definition) is 4. The molecule has 0 bridgehead atoms. The molecule has 2 atom stereocenters. The number of ether oxygens (including phenoxy) is 4. The number of carbonyl (C=O) groups is 6. The minimum atomic E-state index is -1.10. The highest BCUT2D eigenvalue weighted by atomic mass is 16.6. The Morgan fingerprint density at radius 3 is 1.67 bits per heavy atom. The summed E-state index contributed by atoms with van der Waals surface area (Å²) in [4.78, 5) is 77.1. The maximum atomic E-state index is 13.9. The summed E-state index contributed by atoms with van der Waals surface area (Å²) in [5.74, 6) is -2.26. The van der Waals surface area contributed by atoms with Gasteiger partial charge < -0.3 is 40.2 Å². The van der Waals surface area contributed by atoms with Crippen molar-refractivity contribution in [3.63, 3.8) is 0 Å². The van der Waals surface area contributed by atoms with Crippen LogP contribution in [0.3, 0.4) is 0 Å². The summed E-state index contributed by atoms with van der Waals surface area (Å²) in [5, 5.41) is 10.7. The molecule has 3 aromatic carbocycles. The Kier molecular flexibility index (Phi) is 16.2. The number of carbonyl (C=O) groups excluding carboxylic acids is 6. The zero-order chi connectivity index (χ0) is 42.3. The lowest BCUT2D eigenvalue weighted by atomic mass is 9.98. The maximum Gasteiger partial charge on any atom is 0.415 e. The molecule has 0 heterocycles. The number of rotatable bonds is 17. The fourth-order valence-electron chi connectivity index (χ4n) is 6.34. The van der Waals surface area contributed by atoms with Gasteiger partial charge in [-0.2, -0.15) is 0 Å². The van der Waals surface area contributed by atoms with E-state index in [-0.39, 0.29) is 44.0 Å². The van der Waals surface area contributed by atoms with E-state index < -0.39 is 59.4 Å². The van der Waals surface area contributed by atoms with Gasteiger partial charge in [0.15, 0.2) is 0 Å².